The third-order valence-corrected chi connectivity index (χ3v) is 4.71. The van der Waals surface area contributed by atoms with Gasteiger partial charge in [-0.05, 0) is 43.9 Å². The number of aromatic nitrogens is 4. The van der Waals surface area contributed by atoms with Crippen LogP contribution in [-0.4, -0.2) is 26.8 Å². The first kappa shape index (κ1) is 13.9. The van der Waals surface area contributed by atoms with Gasteiger partial charge >= 0.3 is 0 Å². The van der Waals surface area contributed by atoms with E-state index in [0.717, 1.165) is 36.5 Å². The second kappa shape index (κ2) is 5.24. The molecule has 1 saturated carbocycles. The van der Waals surface area contributed by atoms with Crippen molar-refractivity contribution in [1.29, 1.82) is 0 Å². The molecule has 7 heteroatoms. The highest BCUT2D eigenvalue weighted by molar-refractivity contribution is 5.66. The van der Waals surface area contributed by atoms with E-state index in [1.807, 2.05) is 19.2 Å². The fourth-order valence-electron chi connectivity index (χ4n) is 3.25. The molecular formula is C17H17N5O2. The van der Waals surface area contributed by atoms with Crippen LogP contribution in [0.1, 0.15) is 41.3 Å². The lowest BCUT2D eigenvalue weighted by molar-refractivity contribution is 0.379. The van der Waals surface area contributed by atoms with E-state index in [-0.39, 0.29) is 0 Å². The zero-order valence-corrected chi connectivity index (χ0v) is 13.4. The molecule has 3 aromatic heterocycles. The highest BCUT2D eigenvalue weighted by Crippen LogP contribution is 2.41. The van der Waals surface area contributed by atoms with Crippen molar-refractivity contribution in [3.63, 3.8) is 0 Å². The Hall–Kier alpha value is -2.54. The van der Waals surface area contributed by atoms with Gasteiger partial charge in [0, 0.05) is 36.0 Å². The molecule has 1 N–H and O–H groups in total. The number of fused-ring (bicyclic) bond motifs is 1. The van der Waals surface area contributed by atoms with E-state index in [2.05, 4.69) is 25.6 Å². The summed E-state index contributed by atoms with van der Waals surface area (Å²) in [7, 11) is 0. The van der Waals surface area contributed by atoms with E-state index in [4.69, 9.17) is 9.05 Å². The Balaban J connectivity index is 1.55. The summed E-state index contributed by atoms with van der Waals surface area (Å²) in [6.45, 7) is 3.76. The van der Waals surface area contributed by atoms with Crippen LogP contribution in [0, 0.1) is 6.92 Å². The minimum atomic E-state index is 0.395. The number of pyridine rings is 1. The van der Waals surface area contributed by atoms with E-state index in [1.165, 1.54) is 24.0 Å². The molecule has 0 bridgehead atoms. The number of aryl methyl sites for hydroxylation is 1. The number of nitrogens with zero attached hydrogens (tertiary/aromatic N) is 4. The number of hydrogen-bond donors (Lipinski definition) is 1. The maximum absolute atomic E-state index is 5.44. The normalized spacial score (nSPS) is 17.0. The van der Waals surface area contributed by atoms with Crippen molar-refractivity contribution >= 4 is 0 Å². The Labute approximate surface area is 138 Å². The van der Waals surface area contributed by atoms with Crippen LogP contribution < -0.4 is 5.32 Å². The van der Waals surface area contributed by atoms with Crippen molar-refractivity contribution in [2.45, 2.75) is 38.6 Å². The average Bonchev–Trinajstić information content (AvgIpc) is 3.14. The van der Waals surface area contributed by atoms with Gasteiger partial charge in [0.1, 0.15) is 5.76 Å². The molecule has 0 spiro atoms. The second-order valence-electron chi connectivity index (χ2n) is 6.46. The molecule has 0 amide bonds. The fraction of sp³-hybridized carbons (Fsp3) is 0.412. The summed E-state index contributed by atoms with van der Waals surface area (Å²) in [6, 6.07) is 1.91. The molecule has 3 aromatic rings. The van der Waals surface area contributed by atoms with Crippen LogP contribution in [0.3, 0.4) is 0 Å². The molecule has 1 aliphatic carbocycles. The molecule has 1 fully saturated rings. The van der Waals surface area contributed by atoms with Crippen LogP contribution in [-0.2, 0) is 13.0 Å². The van der Waals surface area contributed by atoms with Gasteiger partial charge < -0.3 is 14.4 Å². The van der Waals surface area contributed by atoms with Gasteiger partial charge in [-0.15, -0.1) is 0 Å². The molecule has 0 aromatic carbocycles. The van der Waals surface area contributed by atoms with Gasteiger partial charge in [-0.1, -0.05) is 10.3 Å². The average molecular weight is 323 g/mol. The van der Waals surface area contributed by atoms with Crippen LogP contribution in [0.15, 0.2) is 21.3 Å². The summed E-state index contributed by atoms with van der Waals surface area (Å²) < 4.78 is 10.8. The van der Waals surface area contributed by atoms with E-state index < -0.39 is 0 Å². The van der Waals surface area contributed by atoms with Crippen molar-refractivity contribution in [3.05, 3.63) is 34.8 Å². The molecule has 1 aliphatic heterocycles. The lowest BCUT2D eigenvalue weighted by Crippen LogP contribution is -2.24. The van der Waals surface area contributed by atoms with E-state index in [9.17, 15) is 0 Å². The smallest absolute Gasteiger partial charge is 0.280 e. The minimum absolute atomic E-state index is 0.395. The monoisotopic (exact) mass is 323 g/mol. The molecule has 0 saturated heterocycles. The minimum Gasteiger partial charge on any atom is -0.360 e. The van der Waals surface area contributed by atoms with Crippen molar-refractivity contribution in [3.8, 4) is 23.0 Å². The van der Waals surface area contributed by atoms with Gasteiger partial charge in [-0.3, -0.25) is 4.98 Å². The van der Waals surface area contributed by atoms with Crippen LogP contribution in [0.5, 0.6) is 0 Å². The Morgan fingerprint density at radius 2 is 2.12 bits per heavy atom. The summed E-state index contributed by atoms with van der Waals surface area (Å²) >= 11 is 0. The summed E-state index contributed by atoms with van der Waals surface area (Å²) in [5, 5.41) is 11.6. The fourth-order valence-corrected chi connectivity index (χ4v) is 3.25. The maximum Gasteiger partial charge on any atom is 0.280 e. The Morgan fingerprint density at radius 3 is 3.00 bits per heavy atom. The zero-order chi connectivity index (χ0) is 16.1. The third-order valence-electron chi connectivity index (χ3n) is 4.71. The van der Waals surface area contributed by atoms with Crippen molar-refractivity contribution in [2.75, 3.05) is 6.54 Å². The molecule has 5 rings (SSSR count). The van der Waals surface area contributed by atoms with Gasteiger partial charge in [0.15, 0.2) is 5.69 Å². The third kappa shape index (κ3) is 2.24. The Morgan fingerprint density at radius 1 is 1.21 bits per heavy atom. The molecule has 24 heavy (non-hydrogen) atoms. The topological polar surface area (TPSA) is 89.9 Å². The predicted octanol–water partition coefficient (Wildman–Crippen LogP) is 2.62. The van der Waals surface area contributed by atoms with Crippen molar-refractivity contribution in [2.24, 2.45) is 0 Å². The Kier molecular flexibility index (Phi) is 3.02. The molecule has 2 aliphatic rings. The lowest BCUT2D eigenvalue weighted by Gasteiger charge is -2.19. The summed E-state index contributed by atoms with van der Waals surface area (Å²) in [5.74, 6) is 2.39. The molecule has 0 radical (unpaired) electrons. The SMILES string of the molecule is Cc1ncc2c(c1-c1noc(-c3cc(C4CC4)on3)n1)CCNC2. The molecule has 4 heterocycles. The zero-order valence-electron chi connectivity index (χ0n) is 13.4. The molecule has 0 atom stereocenters. The standard InChI is InChI=1S/C17H17N5O2/c1-9-15(12-4-5-18-7-11(12)8-19-9)16-20-17(24-22-16)13-6-14(23-21-13)10-2-3-10/h6,8,10,18H,2-5,7H2,1H3. The van der Waals surface area contributed by atoms with Crippen LogP contribution in [0.4, 0.5) is 0 Å². The first-order chi connectivity index (χ1) is 11.8. The van der Waals surface area contributed by atoms with Gasteiger partial charge in [-0.25, -0.2) is 0 Å². The lowest BCUT2D eigenvalue weighted by atomic mass is 9.95. The van der Waals surface area contributed by atoms with Crippen LogP contribution in [0.2, 0.25) is 0 Å². The van der Waals surface area contributed by atoms with Gasteiger partial charge in [0.05, 0.1) is 0 Å². The number of nitrogens with one attached hydrogen (secondary N) is 1. The molecule has 0 unspecified atom stereocenters. The van der Waals surface area contributed by atoms with Crippen LogP contribution >= 0.6 is 0 Å². The Bertz CT molecular complexity index is 910. The van der Waals surface area contributed by atoms with Gasteiger partial charge in [0.25, 0.3) is 5.89 Å². The van der Waals surface area contributed by atoms with E-state index >= 15 is 0 Å². The second-order valence-corrected chi connectivity index (χ2v) is 6.46. The maximum atomic E-state index is 5.44. The van der Waals surface area contributed by atoms with Gasteiger partial charge in [-0.2, -0.15) is 4.98 Å². The summed E-state index contributed by atoms with van der Waals surface area (Å²) in [5.41, 5.74) is 4.96. The van der Waals surface area contributed by atoms with Crippen molar-refractivity contribution < 1.29 is 9.05 Å². The number of hydrogen-bond acceptors (Lipinski definition) is 7. The summed E-state index contributed by atoms with van der Waals surface area (Å²) in [4.78, 5) is 9.04. The first-order valence-electron chi connectivity index (χ1n) is 8.29. The van der Waals surface area contributed by atoms with Gasteiger partial charge in [0.2, 0.25) is 5.82 Å². The van der Waals surface area contributed by atoms with E-state index in [1.54, 1.807) is 0 Å². The van der Waals surface area contributed by atoms with Crippen molar-refractivity contribution in [1.82, 2.24) is 25.6 Å². The largest absolute Gasteiger partial charge is 0.360 e. The highest BCUT2D eigenvalue weighted by Gasteiger charge is 2.29. The van der Waals surface area contributed by atoms with Crippen LogP contribution in [0.25, 0.3) is 23.0 Å². The first-order valence-corrected chi connectivity index (χ1v) is 8.29. The highest BCUT2D eigenvalue weighted by atomic mass is 16.5. The predicted molar refractivity (Wildman–Crippen MR) is 85.1 cm³/mol. The van der Waals surface area contributed by atoms with E-state index in [0.29, 0.717) is 23.3 Å². The number of rotatable bonds is 3. The molecule has 7 nitrogen and oxygen atoms in total. The molecule has 122 valence electrons. The summed E-state index contributed by atoms with van der Waals surface area (Å²) in [6.07, 6.45) is 5.20. The quantitative estimate of drug-likeness (QED) is 0.792. The molecular weight excluding hydrogens is 306 g/mol.